The van der Waals surface area contributed by atoms with E-state index in [-0.39, 0.29) is 12.0 Å². The number of ether oxygens (including phenoxy) is 1. The molecule has 2 amide bonds. The van der Waals surface area contributed by atoms with Crippen molar-refractivity contribution in [3.8, 4) is 5.75 Å². The maximum atomic E-state index is 12.7. The fourth-order valence-electron chi connectivity index (χ4n) is 2.78. The number of rotatable bonds is 6. The Morgan fingerprint density at radius 1 is 1.19 bits per heavy atom. The van der Waals surface area contributed by atoms with Gasteiger partial charge in [0.2, 0.25) is 12.4 Å². The highest BCUT2D eigenvalue weighted by Crippen LogP contribution is 2.27. The minimum absolute atomic E-state index is 0.0341. The SMILES string of the molecule is CC(C)Oc1ccccc1Nc1nccc(C(=O)N2CCN(C=O)CC2)n1. The molecule has 27 heavy (non-hydrogen) atoms. The zero-order valence-corrected chi connectivity index (χ0v) is 15.5. The zero-order valence-electron chi connectivity index (χ0n) is 15.5. The van der Waals surface area contributed by atoms with Crippen LogP contribution in [0.15, 0.2) is 36.5 Å². The molecule has 0 aliphatic carbocycles. The summed E-state index contributed by atoms with van der Waals surface area (Å²) in [7, 11) is 0. The number of amides is 2. The largest absolute Gasteiger partial charge is 0.489 e. The molecule has 2 heterocycles. The Morgan fingerprint density at radius 3 is 2.63 bits per heavy atom. The quantitative estimate of drug-likeness (QED) is 0.783. The van der Waals surface area contributed by atoms with Crippen LogP contribution < -0.4 is 10.1 Å². The van der Waals surface area contributed by atoms with Gasteiger partial charge in [0.1, 0.15) is 11.4 Å². The van der Waals surface area contributed by atoms with E-state index >= 15 is 0 Å². The number of para-hydroxylation sites is 2. The van der Waals surface area contributed by atoms with Crippen molar-refractivity contribution in [1.29, 1.82) is 0 Å². The van der Waals surface area contributed by atoms with Crippen molar-refractivity contribution in [3.63, 3.8) is 0 Å². The molecule has 0 atom stereocenters. The monoisotopic (exact) mass is 369 g/mol. The van der Waals surface area contributed by atoms with E-state index in [4.69, 9.17) is 4.74 Å². The first-order valence-corrected chi connectivity index (χ1v) is 8.91. The molecule has 2 aromatic rings. The van der Waals surface area contributed by atoms with Gasteiger partial charge in [-0.25, -0.2) is 9.97 Å². The van der Waals surface area contributed by atoms with Gasteiger partial charge in [0.15, 0.2) is 0 Å². The molecule has 1 fully saturated rings. The third-order valence-corrected chi connectivity index (χ3v) is 4.12. The molecule has 8 nitrogen and oxygen atoms in total. The van der Waals surface area contributed by atoms with E-state index in [1.807, 2.05) is 38.1 Å². The number of hydrogen-bond acceptors (Lipinski definition) is 6. The Labute approximate surface area is 158 Å². The van der Waals surface area contributed by atoms with Gasteiger partial charge in [0, 0.05) is 32.4 Å². The number of aromatic nitrogens is 2. The van der Waals surface area contributed by atoms with E-state index in [0.29, 0.717) is 43.6 Å². The Bertz CT molecular complexity index is 803. The minimum atomic E-state index is -0.169. The van der Waals surface area contributed by atoms with Crippen LogP contribution in [0.25, 0.3) is 0 Å². The highest BCUT2D eigenvalue weighted by Gasteiger charge is 2.22. The van der Waals surface area contributed by atoms with E-state index in [1.54, 1.807) is 22.1 Å². The van der Waals surface area contributed by atoms with Crippen LogP contribution in [0.1, 0.15) is 24.3 Å². The Kier molecular flexibility index (Phi) is 5.85. The topological polar surface area (TPSA) is 87.7 Å². The second kappa shape index (κ2) is 8.48. The summed E-state index contributed by atoms with van der Waals surface area (Å²) < 4.78 is 5.78. The molecule has 1 aromatic heterocycles. The smallest absolute Gasteiger partial charge is 0.272 e. The standard InChI is InChI=1S/C19H23N5O3/c1-14(2)27-17-6-4-3-5-15(17)21-19-20-8-7-16(22-19)18(26)24-11-9-23(13-25)10-12-24/h3-8,13-14H,9-12H2,1-2H3,(H,20,21,22). The number of carbonyl (C=O) groups excluding carboxylic acids is 2. The molecule has 0 saturated carbocycles. The summed E-state index contributed by atoms with van der Waals surface area (Å²) in [5.41, 5.74) is 1.05. The maximum Gasteiger partial charge on any atom is 0.272 e. The van der Waals surface area contributed by atoms with Crippen molar-refractivity contribution < 1.29 is 14.3 Å². The second-order valence-corrected chi connectivity index (χ2v) is 6.49. The first-order chi connectivity index (χ1) is 13.1. The van der Waals surface area contributed by atoms with E-state index in [0.717, 1.165) is 12.1 Å². The molecule has 0 bridgehead atoms. The Balaban J connectivity index is 1.73. The fraction of sp³-hybridized carbons (Fsp3) is 0.368. The van der Waals surface area contributed by atoms with Crippen LogP contribution in [-0.4, -0.2) is 64.4 Å². The summed E-state index contributed by atoms with van der Waals surface area (Å²) in [6.07, 6.45) is 2.40. The number of nitrogens with one attached hydrogen (secondary N) is 1. The molecule has 8 heteroatoms. The summed E-state index contributed by atoms with van der Waals surface area (Å²) in [6.45, 7) is 5.97. The van der Waals surface area contributed by atoms with Gasteiger partial charge in [-0.3, -0.25) is 9.59 Å². The summed E-state index contributed by atoms with van der Waals surface area (Å²) in [4.78, 5) is 35.4. The third kappa shape index (κ3) is 4.72. The molecule has 142 valence electrons. The Hall–Kier alpha value is -3.16. The highest BCUT2D eigenvalue weighted by atomic mass is 16.5. The van der Waals surface area contributed by atoms with E-state index in [1.165, 1.54) is 0 Å². The molecule has 1 N–H and O–H groups in total. The molecule has 3 rings (SSSR count). The van der Waals surface area contributed by atoms with Gasteiger partial charge in [0.25, 0.3) is 5.91 Å². The van der Waals surface area contributed by atoms with E-state index in [2.05, 4.69) is 15.3 Å². The van der Waals surface area contributed by atoms with Gasteiger partial charge in [-0.2, -0.15) is 0 Å². The average molecular weight is 369 g/mol. The summed E-state index contributed by atoms with van der Waals surface area (Å²) in [5.74, 6) is 0.850. The van der Waals surface area contributed by atoms with Crippen LogP contribution in [0.4, 0.5) is 11.6 Å². The first kappa shape index (κ1) is 18.6. The molecule has 1 saturated heterocycles. The average Bonchev–Trinajstić information content (AvgIpc) is 2.69. The highest BCUT2D eigenvalue weighted by molar-refractivity contribution is 5.92. The normalized spacial score (nSPS) is 14.2. The van der Waals surface area contributed by atoms with Crippen molar-refractivity contribution in [2.75, 3.05) is 31.5 Å². The van der Waals surface area contributed by atoms with Crippen LogP contribution in [0.2, 0.25) is 0 Å². The van der Waals surface area contributed by atoms with Crippen LogP contribution in [0.5, 0.6) is 5.75 Å². The lowest BCUT2D eigenvalue weighted by atomic mass is 10.2. The summed E-state index contributed by atoms with van der Waals surface area (Å²) in [5, 5.41) is 3.12. The van der Waals surface area contributed by atoms with Crippen LogP contribution in [-0.2, 0) is 4.79 Å². The molecule has 1 aliphatic rings. The van der Waals surface area contributed by atoms with Crippen LogP contribution >= 0.6 is 0 Å². The van der Waals surface area contributed by atoms with Gasteiger partial charge < -0.3 is 19.9 Å². The molecule has 1 aromatic carbocycles. The Morgan fingerprint density at radius 2 is 1.93 bits per heavy atom. The molecule has 0 unspecified atom stereocenters. The number of anilines is 2. The van der Waals surface area contributed by atoms with Gasteiger partial charge >= 0.3 is 0 Å². The van der Waals surface area contributed by atoms with Crippen LogP contribution in [0, 0.1) is 0 Å². The number of carbonyl (C=O) groups is 2. The van der Waals surface area contributed by atoms with E-state index < -0.39 is 0 Å². The molecule has 0 spiro atoms. The minimum Gasteiger partial charge on any atom is -0.489 e. The molecule has 0 radical (unpaired) electrons. The van der Waals surface area contributed by atoms with Crippen LogP contribution in [0.3, 0.4) is 0 Å². The lowest BCUT2D eigenvalue weighted by Gasteiger charge is -2.32. The van der Waals surface area contributed by atoms with Gasteiger partial charge in [0.05, 0.1) is 11.8 Å². The molecular formula is C19H23N5O3. The maximum absolute atomic E-state index is 12.7. The predicted molar refractivity (Wildman–Crippen MR) is 101 cm³/mol. The molecule has 1 aliphatic heterocycles. The van der Waals surface area contributed by atoms with Crippen molar-refractivity contribution in [3.05, 3.63) is 42.2 Å². The van der Waals surface area contributed by atoms with Gasteiger partial charge in [-0.05, 0) is 32.0 Å². The number of piperazine rings is 1. The van der Waals surface area contributed by atoms with Gasteiger partial charge in [-0.15, -0.1) is 0 Å². The fourth-order valence-corrected chi connectivity index (χ4v) is 2.78. The van der Waals surface area contributed by atoms with Crippen molar-refractivity contribution in [2.24, 2.45) is 0 Å². The lowest BCUT2D eigenvalue weighted by Crippen LogP contribution is -2.48. The second-order valence-electron chi connectivity index (χ2n) is 6.49. The first-order valence-electron chi connectivity index (χ1n) is 8.91. The van der Waals surface area contributed by atoms with Crippen molar-refractivity contribution >= 4 is 24.0 Å². The van der Waals surface area contributed by atoms with Gasteiger partial charge in [-0.1, -0.05) is 12.1 Å². The summed E-state index contributed by atoms with van der Waals surface area (Å²) in [6, 6.07) is 9.11. The molecular weight excluding hydrogens is 346 g/mol. The lowest BCUT2D eigenvalue weighted by molar-refractivity contribution is -0.119. The third-order valence-electron chi connectivity index (χ3n) is 4.12. The number of hydrogen-bond donors (Lipinski definition) is 1. The summed E-state index contributed by atoms with van der Waals surface area (Å²) >= 11 is 0. The number of nitrogens with zero attached hydrogens (tertiary/aromatic N) is 4. The zero-order chi connectivity index (χ0) is 19.2. The van der Waals surface area contributed by atoms with Crippen molar-refractivity contribution in [2.45, 2.75) is 20.0 Å². The van der Waals surface area contributed by atoms with E-state index in [9.17, 15) is 9.59 Å². The number of benzene rings is 1. The predicted octanol–water partition coefficient (Wildman–Crippen LogP) is 1.92. The van der Waals surface area contributed by atoms with Crippen molar-refractivity contribution in [1.82, 2.24) is 19.8 Å².